The van der Waals surface area contributed by atoms with E-state index in [1.807, 2.05) is 6.20 Å². The monoisotopic (exact) mass is 1410 g/mol. The second-order valence-corrected chi connectivity index (χ2v) is 13.9. The van der Waals surface area contributed by atoms with Gasteiger partial charge in [-0.25, -0.2) is 14.8 Å². The van der Waals surface area contributed by atoms with Gasteiger partial charge in [-0.1, -0.05) is 55.4 Å². The molecule has 0 fully saturated rings. The Balaban J connectivity index is -0.000000187. The standard InChI is InChI=1S/2C5H7N2OP.C5H6NO2P.C5H8NP.2C4H6N3OP.2H2N.3W/c2*6-5(8)3-1-4(9)7-2-3;7-5(8)3-1-4(9)6-2-3;1-4-2-5(7)6-3-4;2*5-3(8)2-1-6-4(9)7-2;;;;;/h2*2H,1,9H2,(H2,6,8);2H,1,9H2,(H,7,8);3H,2,7H2,1H3;2*1H,9H2,(H3,5,6,7,8);2*1H2;;;/q;;;;;;2*-1;3*+2/p-4. The number of imidazole rings is 2. The summed E-state index contributed by atoms with van der Waals surface area (Å²) in [6.45, 7) is 2.08. The van der Waals surface area contributed by atoms with Crippen LogP contribution in [0.1, 0.15) is 53.6 Å². The van der Waals surface area contributed by atoms with E-state index in [0.717, 1.165) is 28.2 Å². The number of allylic oxidation sites excluding steroid dienone is 1. The molecule has 4 amide bonds. The molecule has 0 bridgehead atoms. The van der Waals surface area contributed by atoms with Crippen molar-refractivity contribution in [3.05, 3.63) is 106 Å². The molecule has 2 aromatic heterocycles. The molecule has 20 nitrogen and oxygen atoms in total. The molecule has 6 atom stereocenters. The first kappa shape index (κ1) is 64.1. The normalized spacial score (nSPS) is 13.4. The van der Waals surface area contributed by atoms with Crippen molar-refractivity contribution in [1.29, 1.82) is 0 Å². The number of rotatable bonds is 5. The molecule has 2 aromatic rings. The van der Waals surface area contributed by atoms with E-state index in [1.165, 1.54) is 36.6 Å². The largest absolute Gasteiger partial charge is 2.00 e. The second-order valence-electron chi connectivity index (χ2n) is 10.1. The zero-order chi connectivity index (χ0) is 39.5. The number of H-pyrrole nitrogens is 2. The van der Waals surface area contributed by atoms with Crippen molar-refractivity contribution in [2.24, 2.45) is 20.0 Å². The van der Waals surface area contributed by atoms with Crippen LogP contribution in [0.4, 0.5) is 0 Å². The third-order valence-electron chi connectivity index (χ3n) is 5.72. The van der Waals surface area contributed by atoms with Gasteiger partial charge in [-0.15, -0.1) is 0 Å². The van der Waals surface area contributed by atoms with Crippen LogP contribution in [0, 0.1) is 0 Å². The number of amides is 4. The Kier molecular flexibility index (Phi) is 38.0. The van der Waals surface area contributed by atoms with Gasteiger partial charge in [0.2, 0.25) is 0 Å². The van der Waals surface area contributed by atoms with Crippen LogP contribution in [0.25, 0.3) is 35.2 Å². The summed E-state index contributed by atoms with van der Waals surface area (Å²) < 4.78 is 0. The number of aromatic nitrogens is 4. The minimum atomic E-state index is -0.879. The van der Waals surface area contributed by atoms with Crippen molar-refractivity contribution in [1.82, 2.24) is 19.9 Å². The van der Waals surface area contributed by atoms with E-state index in [9.17, 15) is 24.0 Å². The fourth-order valence-corrected chi connectivity index (χ4v) is 4.96. The molecule has 0 spiro atoms. The first-order valence-corrected chi connectivity index (χ1v) is 17.6. The van der Waals surface area contributed by atoms with Crippen molar-refractivity contribution in [3.8, 4) is 0 Å². The molecule has 0 saturated carbocycles. The average Bonchev–Trinajstić information content (AvgIpc) is 3.90. The molecular formula is C28H40N14O6P6W3. The van der Waals surface area contributed by atoms with Gasteiger partial charge in [0.15, 0.2) is 0 Å². The summed E-state index contributed by atoms with van der Waals surface area (Å²) in [7, 11) is 14.4. The molecule has 4 aliphatic heterocycles. The second kappa shape index (κ2) is 33.8. The fraction of sp³-hybridized carbons (Fsp3) is 0.179. The summed E-state index contributed by atoms with van der Waals surface area (Å²) in [5.74, 6) is -3.61. The minimum Gasteiger partial charge on any atom is -0.693 e. The van der Waals surface area contributed by atoms with Crippen LogP contribution in [-0.4, -0.2) is 76.5 Å². The SMILES string of the molecule is CC1=CN=C(P)C1.O=C(O)C1=CN=C(P)C1.[NH-]C(=O)C1=CN=C(P)C1.[NH-]C(=O)C1=CN=C(P)C1.[NH-]C(=O)c1cnc(P)[nH]1.[NH-]C(=O)c1cnc(P)[nH]1.[NH2-].[NH2-].[W+2].[W+2].[W+2]. The Hall–Kier alpha value is -2.03. The molecule has 0 aliphatic carbocycles. The smallest absolute Gasteiger partial charge is 0.693 e. The van der Waals surface area contributed by atoms with Gasteiger partial charge in [-0.2, -0.15) is 0 Å². The predicted molar refractivity (Wildman–Crippen MR) is 235 cm³/mol. The molecule has 6 heterocycles. The molecule has 6 unspecified atom stereocenters. The molecule has 29 heteroatoms. The van der Waals surface area contributed by atoms with Crippen LogP contribution in [0.15, 0.2) is 79.5 Å². The number of nitrogens with zero attached hydrogens (tertiary/aromatic N) is 6. The fourth-order valence-electron chi connectivity index (χ4n) is 3.22. The van der Waals surface area contributed by atoms with E-state index in [0.29, 0.717) is 47.1 Å². The number of carbonyl (C=O) groups is 5. The van der Waals surface area contributed by atoms with Crippen LogP contribution in [0.3, 0.4) is 0 Å². The number of hydrogen-bond acceptors (Lipinski definition) is 11. The van der Waals surface area contributed by atoms with Crippen molar-refractivity contribution in [2.75, 3.05) is 0 Å². The van der Waals surface area contributed by atoms with Gasteiger partial charge in [0, 0.05) is 83.4 Å². The van der Waals surface area contributed by atoms with Crippen LogP contribution in [0.2, 0.25) is 0 Å². The number of carboxylic acid groups (broad SMARTS) is 1. The van der Waals surface area contributed by atoms with Crippen LogP contribution in [-0.2, 0) is 77.6 Å². The van der Waals surface area contributed by atoms with E-state index >= 15 is 0 Å². The number of aromatic amines is 2. The molecule has 6 rings (SSSR count). The molecule has 306 valence electrons. The number of nitrogens with one attached hydrogen (secondary N) is 6. The number of carboxylic acids is 1. The Morgan fingerprint density at radius 1 is 0.544 bits per heavy atom. The third-order valence-corrected chi connectivity index (χ3v) is 7.72. The van der Waals surface area contributed by atoms with Gasteiger partial charge in [-0.3, -0.25) is 20.0 Å². The maximum absolute atomic E-state index is 10.3. The zero-order valence-corrected chi connectivity index (χ0v) is 45.5. The summed E-state index contributed by atoms with van der Waals surface area (Å²) in [5, 5.41) is 8.38. The molecule has 0 radical (unpaired) electrons. The number of carbonyl (C=O) groups excluding carboxylic acids is 4. The average molecular weight is 1410 g/mol. The Morgan fingerprint density at radius 2 is 0.842 bits per heavy atom. The van der Waals surface area contributed by atoms with Gasteiger partial charge >= 0.3 is 69.2 Å². The zero-order valence-electron chi connectivity index (χ0n) is 29.8. The van der Waals surface area contributed by atoms with Gasteiger partial charge < -0.3 is 69.5 Å². The van der Waals surface area contributed by atoms with E-state index in [2.05, 4.69) is 102 Å². The molecule has 57 heavy (non-hydrogen) atoms. The minimum absolute atomic E-state index is 0. The summed E-state index contributed by atoms with van der Waals surface area (Å²) in [6.07, 6.45) is 11.4. The number of nitrogens with two attached hydrogens (primary N) is 2. The van der Waals surface area contributed by atoms with Crippen molar-refractivity contribution in [3.63, 3.8) is 0 Å². The molecule has 4 aliphatic rings. The molecule has 11 N–H and O–H groups in total. The topological polar surface area (TPSA) is 375 Å². The third kappa shape index (κ3) is 28.1. The van der Waals surface area contributed by atoms with E-state index in [4.69, 9.17) is 28.0 Å². The van der Waals surface area contributed by atoms with Crippen LogP contribution in [0.5, 0.6) is 0 Å². The summed E-state index contributed by atoms with van der Waals surface area (Å²) in [5.41, 5.74) is 34.4. The number of hydrogen-bond donors (Lipinski definition) is 3. The Morgan fingerprint density at radius 3 is 0.947 bits per heavy atom. The van der Waals surface area contributed by atoms with E-state index < -0.39 is 29.6 Å². The Labute approximate surface area is 386 Å². The first-order valence-electron chi connectivity index (χ1n) is 14.2. The maximum atomic E-state index is 10.3. The summed E-state index contributed by atoms with van der Waals surface area (Å²) >= 11 is 0. The molecular weight excluding hydrogens is 1370 g/mol. The maximum Gasteiger partial charge on any atom is 2.00 e. The predicted octanol–water partition coefficient (Wildman–Crippen LogP) is 6.08. The van der Waals surface area contributed by atoms with Gasteiger partial charge in [0.05, 0.1) is 53.0 Å². The van der Waals surface area contributed by atoms with E-state index in [1.54, 1.807) is 0 Å². The van der Waals surface area contributed by atoms with Gasteiger partial charge in [0.25, 0.3) is 0 Å². The van der Waals surface area contributed by atoms with Crippen LogP contribution < -0.4 is 11.1 Å². The summed E-state index contributed by atoms with van der Waals surface area (Å²) in [4.78, 5) is 79.3. The molecule has 0 aromatic carbocycles. The quantitative estimate of drug-likeness (QED) is 0.294. The van der Waals surface area contributed by atoms with Crippen molar-refractivity contribution >= 4 is 118 Å². The van der Waals surface area contributed by atoms with Crippen molar-refractivity contribution < 1.29 is 92.3 Å². The number of aliphatic carboxylic acids is 1. The van der Waals surface area contributed by atoms with Crippen LogP contribution >= 0.6 is 55.4 Å². The summed E-state index contributed by atoms with van der Waals surface area (Å²) in [6, 6.07) is 0. The van der Waals surface area contributed by atoms with Gasteiger partial charge in [-0.05, 0) is 12.5 Å². The Bertz CT molecular complexity index is 1770. The molecule has 0 saturated heterocycles. The van der Waals surface area contributed by atoms with Crippen molar-refractivity contribution in [2.45, 2.75) is 32.6 Å². The first-order chi connectivity index (χ1) is 24.3. The number of aliphatic imine (C=N–C) groups is 4. The van der Waals surface area contributed by atoms with Gasteiger partial charge in [0.1, 0.15) is 11.1 Å². The van der Waals surface area contributed by atoms with E-state index in [-0.39, 0.29) is 86.9 Å².